The zero-order valence-corrected chi connectivity index (χ0v) is 19.3. The fourth-order valence-corrected chi connectivity index (χ4v) is 4.19. The van der Waals surface area contributed by atoms with E-state index in [1.807, 2.05) is 49.4 Å². The number of fused-ring (bicyclic) bond motifs is 1. The van der Waals surface area contributed by atoms with Gasteiger partial charge in [-0.1, -0.05) is 53.5 Å². The molecule has 2 aromatic heterocycles. The number of hydrogen-bond donors (Lipinski definition) is 1. The minimum atomic E-state index is -0.708. The van der Waals surface area contributed by atoms with Gasteiger partial charge in [-0.2, -0.15) is 9.78 Å². The lowest BCUT2D eigenvalue weighted by Gasteiger charge is -2.13. The van der Waals surface area contributed by atoms with Gasteiger partial charge >= 0.3 is 5.69 Å². The number of rotatable bonds is 4. The van der Waals surface area contributed by atoms with Crippen LogP contribution >= 0.6 is 23.2 Å². The van der Waals surface area contributed by atoms with Crippen molar-refractivity contribution in [3.63, 3.8) is 0 Å². The minimum absolute atomic E-state index is 0.177. The van der Waals surface area contributed by atoms with Crippen LogP contribution in [0.3, 0.4) is 0 Å². The molecule has 0 bridgehead atoms. The van der Waals surface area contributed by atoms with Gasteiger partial charge in [0.25, 0.3) is 5.56 Å². The fraction of sp³-hybridized carbons (Fsp3) is 0.0400. The van der Waals surface area contributed by atoms with Crippen molar-refractivity contribution >= 4 is 34.1 Å². The molecule has 0 fully saturated rings. The van der Waals surface area contributed by atoms with Crippen LogP contribution in [0, 0.1) is 6.92 Å². The average molecular weight is 491 g/mol. The number of ether oxygens (including phenoxy) is 1. The van der Waals surface area contributed by atoms with Gasteiger partial charge in [0.2, 0.25) is 0 Å². The average Bonchev–Trinajstić information content (AvgIpc) is 2.81. The summed E-state index contributed by atoms with van der Waals surface area (Å²) in [7, 11) is 0. The van der Waals surface area contributed by atoms with Crippen LogP contribution in [0.4, 0.5) is 0 Å². The summed E-state index contributed by atoms with van der Waals surface area (Å²) in [6, 6.07) is 20.5. The first kappa shape index (κ1) is 21.9. The number of nitrogens with zero attached hydrogens (tertiary/aromatic N) is 3. The van der Waals surface area contributed by atoms with Crippen LogP contribution in [0.5, 0.6) is 11.5 Å². The van der Waals surface area contributed by atoms with E-state index in [2.05, 4.69) is 16.1 Å². The molecule has 9 heteroatoms. The number of pyridine rings is 1. The van der Waals surface area contributed by atoms with Crippen molar-refractivity contribution in [1.82, 2.24) is 19.7 Å². The predicted octanol–water partition coefficient (Wildman–Crippen LogP) is 5.54. The third-order valence-corrected chi connectivity index (χ3v) is 5.75. The topological polar surface area (TPSA) is 89.9 Å². The zero-order valence-electron chi connectivity index (χ0n) is 17.8. The molecule has 0 saturated carbocycles. The second-order valence-electron chi connectivity index (χ2n) is 7.57. The third-order valence-electron chi connectivity index (χ3n) is 5.18. The number of benzene rings is 3. The molecule has 0 atom stereocenters. The molecule has 0 aliphatic carbocycles. The lowest BCUT2D eigenvalue weighted by atomic mass is 10.0. The van der Waals surface area contributed by atoms with Crippen LogP contribution in [-0.4, -0.2) is 19.7 Å². The van der Waals surface area contributed by atoms with E-state index in [9.17, 15) is 9.59 Å². The van der Waals surface area contributed by atoms with Crippen molar-refractivity contribution in [2.24, 2.45) is 0 Å². The monoisotopic (exact) mass is 490 g/mol. The summed E-state index contributed by atoms with van der Waals surface area (Å²) in [4.78, 5) is 30.2. The van der Waals surface area contributed by atoms with Crippen molar-refractivity contribution in [1.29, 1.82) is 0 Å². The SMILES string of the molecule is Cc1cc2cc(Oc3c(Cl)cc(-n4ncc(=O)[nH]c4=O)cc3Cl)ccc2nc1-c1ccccc1. The fourth-order valence-electron chi connectivity index (χ4n) is 3.63. The summed E-state index contributed by atoms with van der Waals surface area (Å²) < 4.78 is 6.97. The summed E-state index contributed by atoms with van der Waals surface area (Å²) in [6.07, 6.45) is 0.988. The second-order valence-corrected chi connectivity index (χ2v) is 8.38. The van der Waals surface area contributed by atoms with Crippen LogP contribution in [0.25, 0.3) is 27.8 Å². The van der Waals surface area contributed by atoms with E-state index >= 15 is 0 Å². The van der Waals surface area contributed by atoms with Gasteiger partial charge in [-0.15, -0.1) is 0 Å². The van der Waals surface area contributed by atoms with Gasteiger partial charge in [0, 0.05) is 10.9 Å². The van der Waals surface area contributed by atoms with Crippen molar-refractivity contribution in [3.8, 4) is 28.4 Å². The highest BCUT2D eigenvalue weighted by atomic mass is 35.5. The van der Waals surface area contributed by atoms with Crippen LogP contribution in [0.1, 0.15) is 5.56 Å². The van der Waals surface area contributed by atoms with Crippen LogP contribution in [0.2, 0.25) is 10.0 Å². The highest BCUT2D eigenvalue weighted by Gasteiger charge is 2.14. The molecule has 0 amide bonds. The van der Waals surface area contributed by atoms with Crippen LogP contribution in [0.15, 0.2) is 82.5 Å². The van der Waals surface area contributed by atoms with E-state index in [4.69, 9.17) is 32.9 Å². The Hall–Kier alpha value is -3.94. The number of aryl methyl sites for hydroxylation is 1. The third kappa shape index (κ3) is 4.19. The largest absolute Gasteiger partial charge is 0.454 e. The number of halogens is 2. The van der Waals surface area contributed by atoms with Gasteiger partial charge in [0.15, 0.2) is 5.75 Å². The molecule has 168 valence electrons. The van der Waals surface area contributed by atoms with E-state index in [0.717, 1.165) is 38.6 Å². The van der Waals surface area contributed by atoms with E-state index in [1.165, 1.54) is 12.1 Å². The smallest absolute Gasteiger partial charge is 0.349 e. The van der Waals surface area contributed by atoms with E-state index in [1.54, 1.807) is 6.07 Å². The molecule has 5 aromatic rings. The van der Waals surface area contributed by atoms with Gasteiger partial charge in [-0.25, -0.2) is 9.78 Å². The first-order valence-corrected chi connectivity index (χ1v) is 11.0. The molecule has 0 unspecified atom stereocenters. The first-order chi connectivity index (χ1) is 16.4. The highest BCUT2D eigenvalue weighted by Crippen LogP contribution is 2.39. The zero-order chi connectivity index (χ0) is 23.8. The Balaban J connectivity index is 1.49. The molecular formula is C25H16Cl2N4O3. The lowest BCUT2D eigenvalue weighted by molar-refractivity contribution is 0.483. The molecule has 1 N–H and O–H groups in total. The van der Waals surface area contributed by atoms with Crippen molar-refractivity contribution in [3.05, 3.63) is 109 Å². The molecule has 0 radical (unpaired) electrons. The molecule has 0 aliphatic rings. The Labute approximate surface area is 203 Å². The molecule has 7 nitrogen and oxygen atoms in total. The van der Waals surface area contributed by atoms with Crippen LogP contribution < -0.4 is 16.0 Å². The highest BCUT2D eigenvalue weighted by molar-refractivity contribution is 6.37. The van der Waals surface area contributed by atoms with Gasteiger partial charge in [-0.05, 0) is 48.9 Å². The van der Waals surface area contributed by atoms with E-state index < -0.39 is 11.2 Å². The minimum Gasteiger partial charge on any atom is -0.454 e. The summed E-state index contributed by atoms with van der Waals surface area (Å²) in [5.41, 5.74) is 2.82. The molecule has 0 spiro atoms. The van der Waals surface area contributed by atoms with Gasteiger partial charge in [0.05, 0.1) is 26.9 Å². The van der Waals surface area contributed by atoms with Crippen LogP contribution in [-0.2, 0) is 0 Å². The van der Waals surface area contributed by atoms with Gasteiger partial charge in [0.1, 0.15) is 11.9 Å². The second kappa shape index (κ2) is 8.78. The normalized spacial score (nSPS) is 11.0. The summed E-state index contributed by atoms with van der Waals surface area (Å²) >= 11 is 12.8. The van der Waals surface area contributed by atoms with Gasteiger partial charge in [-0.3, -0.25) is 9.78 Å². The van der Waals surface area contributed by atoms with E-state index in [0.29, 0.717) is 5.75 Å². The Morgan fingerprint density at radius 1 is 0.941 bits per heavy atom. The maximum absolute atomic E-state index is 12.0. The summed E-state index contributed by atoms with van der Waals surface area (Å²) in [5.74, 6) is 0.756. The number of H-pyrrole nitrogens is 1. The molecular weight excluding hydrogens is 475 g/mol. The van der Waals surface area contributed by atoms with E-state index in [-0.39, 0.29) is 21.5 Å². The lowest BCUT2D eigenvalue weighted by Crippen LogP contribution is -2.30. The van der Waals surface area contributed by atoms with Crippen molar-refractivity contribution in [2.45, 2.75) is 6.92 Å². The molecule has 0 saturated heterocycles. The Bertz CT molecular complexity index is 1640. The van der Waals surface area contributed by atoms with Gasteiger partial charge < -0.3 is 4.74 Å². The maximum Gasteiger partial charge on any atom is 0.349 e. The molecule has 34 heavy (non-hydrogen) atoms. The Kier molecular flexibility index (Phi) is 5.65. The molecule has 2 heterocycles. The predicted molar refractivity (Wildman–Crippen MR) is 132 cm³/mol. The number of aromatic amines is 1. The quantitative estimate of drug-likeness (QED) is 0.357. The standard InChI is InChI=1S/C25H16Cl2N4O3/c1-14-9-16-10-18(7-8-21(16)29-23(14)15-5-3-2-4-6-15)34-24-19(26)11-17(12-20(24)27)31-25(33)30-22(32)13-28-31/h2-13H,1H3,(H,30,32,33). The molecule has 5 rings (SSSR count). The number of nitrogens with one attached hydrogen (secondary N) is 1. The van der Waals surface area contributed by atoms with Crippen molar-refractivity contribution < 1.29 is 4.74 Å². The number of aromatic nitrogens is 4. The molecule has 3 aromatic carbocycles. The van der Waals surface area contributed by atoms with Crippen molar-refractivity contribution in [2.75, 3.05) is 0 Å². The summed E-state index contributed by atoms with van der Waals surface area (Å²) in [5, 5.41) is 5.07. The summed E-state index contributed by atoms with van der Waals surface area (Å²) in [6.45, 7) is 2.02. The Morgan fingerprint density at radius 2 is 1.68 bits per heavy atom. The Morgan fingerprint density at radius 3 is 2.38 bits per heavy atom. The first-order valence-electron chi connectivity index (χ1n) is 10.2. The number of hydrogen-bond acceptors (Lipinski definition) is 5. The molecule has 0 aliphatic heterocycles. The maximum atomic E-state index is 12.0.